The first-order chi connectivity index (χ1) is 7.99. The van der Waals surface area contributed by atoms with E-state index in [2.05, 4.69) is 15.0 Å². The second-order valence-electron chi connectivity index (χ2n) is 3.71. The number of thiazole rings is 1. The third kappa shape index (κ3) is 2.16. The van der Waals surface area contributed by atoms with Gasteiger partial charge >= 0.3 is 0 Å². The SMILES string of the molecule is CC(=O)c1sc(-c2cnc(C)nc2N)nc1C. The van der Waals surface area contributed by atoms with Crippen molar-refractivity contribution in [2.75, 3.05) is 5.73 Å². The molecule has 0 radical (unpaired) electrons. The third-order valence-electron chi connectivity index (χ3n) is 2.29. The van der Waals surface area contributed by atoms with Gasteiger partial charge in [0.25, 0.3) is 0 Å². The predicted molar refractivity (Wildman–Crippen MR) is 67.0 cm³/mol. The van der Waals surface area contributed by atoms with Gasteiger partial charge in [0.15, 0.2) is 5.78 Å². The fourth-order valence-corrected chi connectivity index (χ4v) is 2.47. The third-order valence-corrected chi connectivity index (χ3v) is 3.58. The van der Waals surface area contributed by atoms with Crippen LogP contribution in [0.2, 0.25) is 0 Å². The average molecular weight is 248 g/mol. The van der Waals surface area contributed by atoms with E-state index in [1.165, 1.54) is 18.3 Å². The van der Waals surface area contributed by atoms with E-state index in [1.807, 2.05) is 6.92 Å². The molecular formula is C11H12N4OS. The van der Waals surface area contributed by atoms with Gasteiger partial charge in [-0.2, -0.15) is 0 Å². The lowest BCUT2D eigenvalue weighted by molar-refractivity contribution is 0.102. The molecule has 2 aromatic heterocycles. The summed E-state index contributed by atoms with van der Waals surface area (Å²) in [7, 11) is 0. The number of aromatic nitrogens is 3. The molecule has 2 N–H and O–H groups in total. The highest BCUT2D eigenvalue weighted by Crippen LogP contribution is 2.30. The van der Waals surface area contributed by atoms with Crippen LogP contribution in [-0.4, -0.2) is 20.7 Å². The van der Waals surface area contributed by atoms with E-state index < -0.39 is 0 Å². The Morgan fingerprint density at radius 3 is 2.59 bits per heavy atom. The van der Waals surface area contributed by atoms with Gasteiger partial charge in [-0.25, -0.2) is 15.0 Å². The standard InChI is InChI=1S/C11H12N4OS/c1-5-9(6(2)16)17-11(14-5)8-4-13-7(3)15-10(8)12/h4H,1-3H3,(H2,12,13,15). The van der Waals surface area contributed by atoms with E-state index in [9.17, 15) is 4.79 Å². The number of ketones is 1. The van der Waals surface area contributed by atoms with Crippen molar-refractivity contribution >= 4 is 22.9 Å². The Hall–Kier alpha value is -1.82. The largest absolute Gasteiger partial charge is 0.383 e. The molecular weight excluding hydrogens is 236 g/mol. The van der Waals surface area contributed by atoms with Crippen LogP contribution in [0.25, 0.3) is 10.6 Å². The predicted octanol–water partition coefficient (Wildman–Crippen LogP) is 2.00. The first-order valence-electron chi connectivity index (χ1n) is 5.07. The summed E-state index contributed by atoms with van der Waals surface area (Å²) in [5, 5.41) is 0.685. The molecule has 5 nitrogen and oxygen atoms in total. The van der Waals surface area contributed by atoms with E-state index in [1.54, 1.807) is 13.1 Å². The van der Waals surface area contributed by atoms with Gasteiger partial charge in [0.1, 0.15) is 16.6 Å². The summed E-state index contributed by atoms with van der Waals surface area (Å²) in [5.74, 6) is 1.02. The van der Waals surface area contributed by atoms with E-state index in [-0.39, 0.29) is 5.78 Å². The number of nitrogens with two attached hydrogens (primary N) is 1. The molecule has 0 unspecified atom stereocenters. The zero-order valence-corrected chi connectivity index (χ0v) is 10.6. The lowest BCUT2D eigenvalue weighted by Crippen LogP contribution is -1.97. The second kappa shape index (κ2) is 4.21. The van der Waals surface area contributed by atoms with Gasteiger partial charge in [0.2, 0.25) is 0 Å². The highest BCUT2D eigenvalue weighted by Gasteiger charge is 2.15. The zero-order chi connectivity index (χ0) is 12.6. The zero-order valence-electron chi connectivity index (χ0n) is 9.81. The average Bonchev–Trinajstić information content (AvgIpc) is 2.60. The van der Waals surface area contributed by atoms with Gasteiger partial charge < -0.3 is 5.73 Å². The van der Waals surface area contributed by atoms with Gasteiger partial charge in [-0.3, -0.25) is 4.79 Å². The van der Waals surface area contributed by atoms with Crippen molar-refractivity contribution in [1.82, 2.24) is 15.0 Å². The molecule has 2 aromatic rings. The summed E-state index contributed by atoms with van der Waals surface area (Å²) in [4.78, 5) is 24.5. The molecule has 0 amide bonds. The molecule has 0 fully saturated rings. The van der Waals surface area contributed by atoms with Gasteiger partial charge in [-0.1, -0.05) is 0 Å². The van der Waals surface area contributed by atoms with Crippen molar-refractivity contribution in [3.8, 4) is 10.6 Å². The number of nitrogens with zero attached hydrogens (tertiary/aromatic N) is 3. The molecule has 6 heteroatoms. The van der Waals surface area contributed by atoms with Crippen LogP contribution in [0.15, 0.2) is 6.20 Å². The summed E-state index contributed by atoms with van der Waals surface area (Å²) in [6.45, 7) is 5.11. The number of aryl methyl sites for hydroxylation is 2. The Balaban J connectivity index is 2.53. The molecule has 17 heavy (non-hydrogen) atoms. The van der Waals surface area contributed by atoms with Crippen LogP contribution >= 0.6 is 11.3 Å². The van der Waals surface area contributed by atoms with Crippen LogP contribution in [0.1, 0.15) is 28.1 Å². The maximum atomic E-state index is 11.4. The molecule has 0 bridgehead atoms. The number of carbonyl (C=O) groups excluding carboxylic acids is 1. The molecule has 88 valence electrons. The molecule has 0 aliphatic carbocycles. The maximum absolute atomic E-state index is 11.4. The van der Waals surface area contributed by atoms with Crippen molar-refractivity contribution in [1.29, 1.82) is 0 Å². The summed E-state index contributed by atoms with van der Waals surface area (Å²) >= 11 is 1.32. The molecule has 0 saturated carbocycles. The van der Waals surface area contributed by atoms with Crippen LogP contribution in [0, 0.1) is 13.8 Å². The molecule has 0 atom stereocenters. The minimum atomic E-state index is 0.0119. The first-order valence-corrected chi connectivity index (χ1v) is 5.88. The van der Waals surface area contributed by atoms with Crippen molar-refractivity contribution in [3.63, 3.8) is 0 Å². The van der Waals surface area contributed by atoms with Gasteiger partial charge in [-0.15, -0.1) is 11.3 Å². The molecule has 2 rings (SSSR count). The highest BCUT2D eigenvalue weighted by molar-refractivity contribution is 7.17. The van der Waals surface area contributed by atoms with E-state index in [0.717, 1.165) is 5.69 Å². The second-order valence-corrected chi connectivity index (χ2v) is 4.70. The fourth-order valence-electron chi connectivity index (χ4n) is 1.49. The van der Waals surface area contributed by atoms with E-state index >= 15 is 0 Å². The Kier molecular flexibility index (Phi) is 2.89. The smallest absolute Gasteiger partial charge is 0.171 e. The molecule has 0 saturated heterocycles. The molecule has 0 spiro atoms. The topological polar surface area (TPSA) is 81.8 Å². The molecule has 2 heterocycles. The monoisotopic (exact) mass is 248 g/mol. The van der Waals surface area contributed by atoms with Crippen molar-refractivity contribution in [2.24, 2.45) is 0 Å². The van der Waals surface area contributed by atoms with Crippen molar-refractivity contribution < 1.29 is 4.79 Å². The Labute approximate surface area is 103 Å². The van der Waals surface area contributed by atoms with Gasteiger partial charge in [0, 0.05) is 13.1 Å². The summed E-state index contributed by atoms with van der Waals surface area (Å²) in [6, 6.07) is 0. The van der Waals surface area contributed by atoms with Crippen LogP contribution < -0.4 is 5.73 Å². The number of carbonyl (C=O) groups is 1. The van der Waals surface area contributed by atoms with Crippen LogP contribution in [-0.2, 0) is 0 Å². The summed E-state index contributed by atoms with van der Waals surface area (Å²) < 4.78 is 0. The number of anilines is 1. The van der Waals surface area contributed by atoms with Crippen molar-refractivity contribution in [2.45, 2.75) is 20.8 Å². The van der Waals surface area contributed by atoms with Crippen LogP contribution in [0.3, 0.4) is 0 Å². The Bertz CT molecular complexity index is 591. The molecule has 0 aliphatic rings. The van der Waals surface area contributed by atoms with Crippen molar-refractivity contribution in [3.05, 3.63) is 22.6 Å². The fraction of sp³-hybridized carbons (Fsp3) is 0.273. The number of rotatable bonds is 2. The quantitative estimate of drug-likeness (QED) is 0.822. The Morgan fingerprint density at radius 1 is 1.35 bits per heavy atom. The minimum Gasteiger partial charge on any atom is -0.383 e. The van der Waals surface area contributed by atoms with Crippen LogP contribution in [0.5, 0.6) is 0 Å². The van der Waals surface area contributed by atoms with Crippen LogP contribution in [0.4, 0.5) is 5.82 Å². The first kappa shape index (κ1) is 11.7. The maximum Gasteiger partial charge on any atom is 0.171 e. The van der Waals surface area contributed by atoms with E-state index in [0.29, 0.717) is 27.1 Å². The number of hydrogen-bond donors (Lipinski definition) is 1. The summed E-state index contributed by atoms with van der Waals surface area (Å²) in [5.41, 5.74) is 7.22. The van der Waals surface area contributed by atoms with Gasteiger partial charge in [-0.05, 0) is 13.8 Å². The Morgan fingerprint density at radius 2 is 2.06 bits per heavy atom. The lowest BCUT2D eigenvalue weighted by Gasteiger charge is -2.00. The number of Topliss-reactive ketones (excluding diaryl/α,β-unsaturated/α-hetero) is 1. The number of hydrogen-bond acceptors (Lipinski definition) is 6. The molecule has 0 aliphatic heterocycles. The van der Waals surface area contributed by atoms with E-state index in [4.69, 9.17) is 5.73 Å². The number of nitrogen functional groups attached to an aromatic ring is 1. The summed E-state index contributed by atoms with van der Waals surface area (Å²) in [6.07, 6.45) is 1.64. The molecule has 0 aromatic carbocycles. The lowest BCUT2D eigenvalue weighted by atomic mass is 10.3. The highest BCUT2D eigenvalue weighted by atomic mass is 32.1. The minimum absolute atomic E-state index is 0.0119. The normalized spacial score (nSPS) is 10.5. The van der Waals surface area contributed by atoms with Gasteiger partial charge in [0.05, 0.1) is 16.1 Å².